The third-order valence-electron chi connectivity index (χ3n) is 6.34. The van der Waals surface area contributed by atoms with Gasteiger partial charge in [-0.15, -0.1) is 0 Å². The van der Waals surface area contributed by atoms with Crippen LogP contribution in [0.3, 0.4) is 0 Å². The molecule has 3 rings (SSSR count). The largest absolute Gasteiger partial charge is 0.334 e. The number of carbonyl (C=O) groups is 2. The van der Waals surface area contributed by atoms with Crippen molar-refractivity contribution in [2.45, 2.75) is 71.4 Å². The van der Waals surface area contributed by atoms with Gasteiger partial charge in [-0.1, -0.05) is 75.2 Å². The van der Waals surface area contributed by atoms with Crippen molar-refractivity contribution < 1.29 is 14.4 Å². The van der Waals surface area contributed by atoms with Crippen LogP contribution in [-0.2, 0) is 15.2 Å². The van der Waals surface area contributed by atoms with E-state index in [1.165, 1.54) is 0 Å². The van der Waals surface area contributed by atoms with E-state index in [-0.39, 0.29) is 24.0 Å². The molecule has 0 heterocycles. The second-order valence-corrected chi connectivity index (χ2v) is 8.61. The van der Waals surface area contributed by atoms with E-state index >= 15 is 0 Å². The van der Waals surface area contributed by atoms with E-state index in [2.05, 4.69) is 36.5 Å². The van der Waals surface area contributed by atoms with Gasteiger partial charge in [0.05, 0.1) is 5.54 Å². The number of nitrogens with zero attached hydrogens (tertiary/aromatic N) is 1. The Hall–Kier alpha value is -2.83. The molecule has 2 aromatic rings. The molecule has 0 amide bonds. The molecule has 0 spiro atoms. The van der Waals surface area contributed by atoms with Crippen molar-refractivity contribution in [1.82, 2.24) is 5.32 Å². The second-order valence-electron chi connectivity index (χ2n) is 8.61. The number of ketones is 1. The summed E-state index contributed by atoms with van der Waals surface area (Å²) in [4.78, 5) is 29.4. The molecule has 0 fully saturated rings. The number of hydrogen-bond donors (Lipinski definition) is 2. The Labute approximate surface area is 196 Å². The van der Waals surface area contributed by atoms with Gasteiger partial charge in [0.15, 0.2) is 0 Å². The lowest BCUT2D eigenvalue weighted by atomic mass is 9.78. The van der Waals surface area contributed by atoms with Gasteiger partial charge in [0.1, 0.15) is 5.71 Å². The van der Waals surface area contributed by atoms with Crippen LogP contribution in [0.2, 0.25) is 0 Å². The molecular weight excluding hydrogens is 414 g/mol. The summed E-state index contributed by atoms with van der Waals surface area (Å²) >= 11 is 0. The van der Waals surface area contributed by atoms with Crippen molar-refractivity contribution in [3.05, 3.63) is 59.2 Å². The van der Waals surface area contributed by atoms with E-state index in [1.807, 2.05) is 30.3 Å². The van der Waals surface area contributed by atoms with Crippen LogP contribution < -0.4 is 11.1 Å². The molecule has 2 unspecified atom stereocenters. The van der Waals surface area contributed by atoms with Gasteiger partial charge in [0.2, 0.25) is 5.78 Å². The third-order valence-corrected chi connectivity index (χ3v) is 6.34. The summed E-state index contributed by atoms with van der Waals surface area (Å²) in [5.41, 5.74) is 11.4. The van der Waals surface area contributed by atoms with Crippen LogP contribution >= 0.6 is 0 Å². The van der Waals surface area contributed by atoms with Crippen LogP contribution in [0.4, 0.5) is 0 Å². The van der Waals surface area contributed by atoms with Gasteiger partial charge in [0, 0.05) is 18.0 Å². The Bertz CT molecular complexity index is 1050. The average molecular weight is 450 g/mol. The van der Waals surface area contributed by atoms with Crippen LogP contribution in [0, 0.1) is 0 Å². The van der Waals surface area contributed by atoms with Crippen LogP contribution in [0.5, 0.6) is 0 Å². The second kappa shape index (κ2) is 10.9. The lowest BCUT2D eigenvalue weighted by Crippen LogP contribution is -2.55. The Morgan fingerprint density at radius 2 is 1.79 bits per heavy atom. The molecule has 176 valence electrons. The maximum atomic E-state index is 13.1. The van der Waals surface area contributed by atoms with Crippen LogP contribution in [0.25, 0.3) is 11.1 Å². The van der Waals surface area contributed by atoms with Crippen molar-refractivity contribution in [2.75, 3.05) is 6.54 Å². The van der Waals surface area contributed by atoms with E-state index < -0.39 is 11.5 Å². The van der Waals surface area contributed by atoms with Crippen LogP contribution in [0.1, 0.15) is 81.3 Å². The summed E-state index contributed by atoms with van der Waals surface area (Å²) in [6, 6.07) is 13.9. The predicted molar refractivity (Wildman–Crippen MR) is 132 cm³/mol. The minimum absolute atomic E-state index is 0.134. The normalized spacial score (nSPS) is 17.9. The zero-order chi connectivity index (χ0) is 24.0. The van der Waals surface area contributed by atoms with Gasteiger partial charge in [0.25, 0.3) is 0 Å². The summed E-state index contributed by atoms with van der Waals surface area (Å²) in [7, 11) is 0. The molecule has 6 nitrogen and oxygen atoms in total. The lowest BCUT2D eigenvalue weighted by Gasteiger charge is -2.39. The monoisotopic (exact) mass is 449 g/mol. The van der Waals surface area contributed by atoms with Crippen molar-refractivity contribution >= 4 is 17.5 Å². The molecule has 1 aliphatic rings. The quantitative estimate of drug-likeness (QED) is 0.167. The summed E-state index contributed by atoms with van der Waals surface area (Å²) in [6.07, 6.45) is 4.11. The molecule has 1 aliphatic carbocycles. The lowest BCUT2D eigenvalue weighted by molar-refractivity contribution is -0.143. The van der Waals surface area contributed by atoms with Crippen molar-refractivity contribution in [2.24, 2.45) is 10.9 Å². The minimum atomic E-state index is -0.576. The molecule has 2 atom stereocenters. The van der Waals surface area contributed by atoms with Crippen molar-refractivity contribution in [3.8, 4) is 11.1 Å². The third kappa shape index (κ3) is 4.77. The topological polar surface area (TPSA) is 93.8 Å². The van der Waals surface area contributed by atoms with Crippen LogP contribution in [-0.4, -0.2) is 30.1 Å². The molecule has 6 heteroatoms. The first-order chi connectivity index (χ1) is 15.9. The zero-order valence-electron chi connectivity index (χ0n) is 20.1. The molecule has 0 radical (unpaired) electrons. The highest BCUT2D eigenvalue weighted by Gasteiger charge is 2.47. The summed E-state index contributed by atoms with van der Waals surface area (Å²) in [6.45, 7) is 8.37. The van der Waals surface area contributed by atoms with E-state index in [0.717, 1.165) is 54.5 Å². The number of fused-ring (bicyclic) bond motifs is 3. The number of hydrogen-bond acceptors (Lipinski definition) is 6. The SMILES string of the molecule is CCCCNC1(C(N)CCC)c2ccccc2-c2ccc(C(=O)/C(C)=N\OC(=O)CC)cc21. The van der Waals surface area contributed by atoms with Gasteiger partial charge in [-0.3, -0.25) is 4.79 Å². The molecule has 0 saturated heterocycles. The first kappa shape index (κ1) is 24.8. The van der Waals surface area contributed by atoms with Crippen molar-refractivity contribution in [3.63, 3.8) is 0 Å². The number of rotatable bonds is 11. The standard InChI is InChI=1S/C27H35N3O3/c1-5-8-16-29-27(24(28)11-6-2)22-13-10-9-12-20(22)21-15-14-19(17-23(21)27)26(32)18(4)30-33-25(31)7-3/h9-10,12-15,17,24,29H,5-8,11,16,28H2,1-4H3/b30-18-. The molecule has 0 saturated carbocycles. The number of benzene rings is 2. The van der Waals surface area contributed by atoms with E-state index in [9.17, 15) is 9.59 Å². The molecular formula is C27H35N3O3. The van der Waals surface area contributed by atoms with E-state index in [0.29, 0.717) is 5.56 Å². The van der Waals surface area contributed by atoms with Gasteiger partial charge >= 0.3 is 5.97 Å². The summed E-state index contributed by atoms with van der Waals surface area (Å²) in [5.74, 6) is -0.750. The number of nitrogens with two attached hydrogens (primary N) is 1. The number of nitrogens with one attached hydrogen (secondary N) is 1. The van der Waals surface area contributed by atoms with Gasteiger partial charge in [-0.2, -0.15) is 0 Å². The van der Waals surface area contributed by atoms with Gasteiger partial charge in [-0.25, -0.2) is 4.79 Å². The molecule has 2 aromatic carbocycles. The maximum absolute atomic E-state index is 13.1. The fraction of sp³-hybridized carbons (Fsp3) is 0.444. The van der Waals surface area contributed by atoms with E-state index in [4.69, 9.17) is 10.6 Å². The van der Waals surface area contributed by atoms with Gasteiger partial charge in [-0.05, 0) is 54.6 Å². The van der Waals surface area contributed by atoms with Crippen LogP contribution in [0.15, 0.2) is 47.6 Å². The minimum Gasteiger partial charge on any atom is -0.326 e. The molecule has 3 N–H and O–H groups in total. The Morgan fingerprint density at radius 1 is 1.06 bits per heavy atom. The summed E-state index contributed by atoms with van der Waals surface area (Å²) < 4.78 is 0. The highest BCUT2D eigenvalue weighted by molar-refractivity contribution is 6.45. The smallest absolute Gasteiger partial charge is 0.326 e. The first-order valence-electron chi connectivity index (χ1n) is 11.9. The van der Waals surface area contributed by atoms with Crippen molar-refractivity contribution in [1.29, 1.82) is 0 Å². The van der Waals surface area contributed by atoms with Gasteiger partial charge < -0.3 is 15.9 Å². The molecule has 33 heavy (non-hydrogen) atoms. The number of carbonyl (C=O) groups excluding carboxylic acids is 2. The Morgan fingerprint density at radius 3 is 2.48 bits per heavy atom. The first-order valence-corrected chi connectivity index (χ1v) is 11.9. The number of oxime groups is 1. The maximum Gasteiger partial charge on any atom is 0.334 e. The summed E-state index contributed by atoms with van der Waals surface area (Å²) in [5, 5.41) is 7.54. The Kier molecular flexibility index (Phi) is 8.16. The fourth-order valence-corrected chi connectivity index (χ4v) is 4.60. The average Bonchev–Trinajstić information content (AvgIpc) is 3.12. The number of unbranched alkanes of at least 4 members (excludes halogenated alkanes) is 1. The Balaban J connectivity index is 2.11. The van der Waals surface area contributed by atoms with E-state index in [1.54, 1.807) is 13.8 Å². The predicted octanol–water partition coefficient (Wildman–Crippen LogP) is 4.94. The molecule has 0 aromatic heterocycles. The molecule has 0 bridgehead atoms. The number of Topliss-reactive ketones (excluding diaryl/α,β-unsaturated/α-hetero) is 1. The fourth-order valence-electron chi connectivity index (χ4n) is 4.60. The highest BCUT2D eigenvalue weighted by atomic mass is 16.7. The molecule has 0 aliphatic heterocycles. The highest BCUT2D eigenvalue weighted by Crippen LogP contribution is 2.49. The zero-order valence-corrected chi connectivity index (χ0v) is 20.1.